The molecule has 0 saturated heterocycles. The number of hydrogen-bond donors (Lipinski definition) is 0. The van der Waals surface area contributed by atoms with Gasteiger partial charge in [0.25, 0.3) is 12.0 Å². The summed E-state index contributed by atoms with van der Waals surface area (Å²) >= 11 is 0. The largest absolute Gasteiger partial charge is 0.293 e. The van der Waals surface area contributed by atoms with Crippen LogP contribution in [-0.4, -0.2) is 9.55 Å². The Morgan fingerprint density at radius 3 is 2.76 bits per heavy atom. The maximum Gasteiger partial charge on any atom is 0.285 e. The number of rotatable bonds is 2. The van der Waals surface area contributed by atoms with E-state index < -0.39 is 17.7 Å². The molecule has 0 unspecified atom stereocenters. The van der Waals surface area contributed by atoms with E-state index in [4.69, 9.17) is 6.42 Å². The summed E-state index contributed by atoms with van der Waals surface area (Å²) in [6.07, 6.45) is 2.22. The highest BCUT2D eigenvalue weighted by Gasteiger charge is 2.17. The SMILES string of the molecule is C#CCn1c(=O)c(C(F)F)nc2ccccc21. The van der Waals surface area contributed by atoms with Gasteiger partial charge in [0, 0.05) is 0 Å². The van der Waals surface area contributed by atoms with Crippen LogP contribution in [-0.2, 0) is 6.54 Å². The fourth-order valence-corrected chi connectivity index (χ4v) is 1.60. The lowest BCUT2D eigenvalue weighted by molar-refractivity contribution is 0.144. The first kappa shape index (κ1) is 11.3. The van der Waals surface area contributed by atoms with Crippen LogP contribution in [0.4, 0.5) is 8.78 Å². The average Bonchev–Trinajstić information content (AvgIpc) is 2.32. The van der Waals surface area contributed by atoms with Gasteiger partial charge in [-0.05, 0) is 12.1 Å². The molecule has 0 aliphatic heterocycles. The molecule has 0 radical (unpaired) electrons. The Balaban J connectivity index is 2.86. The van der Waals surface area contributed by atoms with Gasteiger partial charge in [-0.3, -0.25) is 9.36 Å². The van der Waals surface area contributed by atoms with Crippen LogP contribution in [0.25, 0.3) is 11.0 Å². The number of hydrogen-bond acceptors (Lipinski definition) is 2. The van der Waals surface area contributed by atoms with Gasteiger partial charge < -0.3 is 0 Å². The van der Waals surface area contributed by atoms with Crippen LogP contribution >= 0.6 is 0 Å². The summed E-state index contributed by atoms with van der Waals surface area (Å²) in [5, 5.41) is 0. The van der Waals surface area contributed by atoms with Gasteiger partial charge in [0.1, 0.15) is 0 Å². The Bertz CT molecular complexity index is 656. The Morgan fingerprint density at radius 2 is 2.12 bits per heavy atom. The van der Waals surface area contributed by atoms with Crippen LogP contribution in [0.5, 0.6) is 0 Å². The van der Waals surface area contributed by atoms with Crippen molar-refractivity contribution in [3.8, 4) is 12.3 Å². The van der Waals surface area contributed by atoms with E-state index in [-0.39, 0.29) is 6.54 Å². The van der Waals surface area contributed by atoms with Crippen LogP contribution in [0.15, 0.2) is 29.1 Å². The zero-order chi connectivity index (χ0) is 12.4. The molecule has 0 fully saturated rings. The molecular formula is C12H8F2N2O. The van der Waals surface area contributed by atoms with Gasteiger partial charge in [0.05, 0.1) is 17.6 Å². The highest BCUT2D eigenvalue weighted by Crippen LogP contribution is 2.16. The van der Waals surface area contributed by atoms with Crippen molar-refractivity contribution in [3.05, 3.63) is 40.3 Å². The number of fused-ring (bicyclic) bond motifs is 1. The lowest BCUT2D eigenvalue weighted by Crippen LogP contribution is -2.25. The molecule has 0 atom stereocenters. The first-order chi connectivity index (χ1) is 8.15. The van der Waals surface area contributed by atoms with E-state index in [1.165, 1.54) is 0 Å². The van der Waals surface area contributed by atoms with E-state index in [1.807, 2.05) is 0 Å². The van der Waals surface area contributed by atoms with Gasteiger partial charge in [0.15, 0.2) is 5.69 Å². The molecule has 2 rings (SSSR count). The normalized spacial score (nSPS) is 10.7. The standard InChI is InChI=1S/C12H8F2N2O/c1-2-7-16-9-6-4-3-5-8(9)15-10(11(13)14)12(16)17/h1,3-6,11H,7H2. The molecule has 0 aliphatic rings. The minimum atomic E-state index is -2.91. The smallest absolute Gasteiger partial charge is 0.285 e. The molecular weight excluding hydrogens is 226 g/mol. The van der Waals surface area contributed by atoms with Crippen molar-refractivity contribution >= 4 is 11.0 Å². The summed E-state index contributed by atoms with van der Waals surface area (Å²) < 4.78 is 26.4. The predicted octanol–water partition coefficient (Wildman–Crippen LogP) is 1.97. The first-order valence-corrected chi connectivity index (χ1v) is 4.86. The third kappa shape index (κ3) is 1.89. The summed E-state index contributed by atoms with van der Waals surface area (Å²) in [5.41, 5.74) is -0.812. The minimum Gasteiger partial charge on any atom is -0.293 e. The molecule has 0 bridgehead atoms. The van der Waals surface area contributed by atoms with Crippen molar-refractivity contribution < 1.29 is 8.78 Å². The first-order valence-electron chi connectivity index (χ1n) is 4.86. The average molecular weight is 234 g/mol. The van der Waals surface area contributed by atoms with E-state index in [9.17, 15) is 13.6 Å². The molecule has 3 nitrogen and oxygen atoms in total. The number of nitrogens with zero attached hydrogens (tertiary/aromatic N) is 2. The van der Waals surface area contributed by atoms with Crippen LogP contribution in [0.1, 0.15) is 12.1 Å². The molecule has 0 saturated carbocycles. The second-order valence-electron chi connectivity index (χ2n) is 3.38. The number of alkyl halides is 2. The third-order valence-corrected chi connectivity index (χ3v) is 2.33. The minimum absolute atomic E-state index is 0.0540. The number of aromatic nitrogens is 2. The van der Waals surface area contributed by atoms with Gasteiger partial charge in [0.2, 0.25) is 0 Å². The highest BCUT2D eigenvalue weighted by molar-refractivity contribution is 5.74. The molecule has 0 spiro atoms. The molecule has 0 amide bonds. The number of terminal acetylenes is 1. The van der Waals surface area contributed by atoms with E-state index in [2.05, 4.69) is 10.9 Å². The second-order valence-corrected chi connectivity index (χ2v) is 3.38. The quantitative estimate of drug-likeness (QED) is 0.744. The van der Waals surface area contributed by atoms with Crippen molar-refractivity contribution in [2.45, 2.75) is 13.0 Å². The summed E-state index contributed by atoms with van der Waals surface area (Å²) in [5.74, 6) is 2.27. The molecule has 0 N–H and O–H groups in total. The number of benzene rings is 1. The molecule has 5 heteroatoms. The van der Waals surface area contributed by atoms with Crippen molar-refractivity contribution in [1.29, 1.82) is 0 Å². The molecule has 1 aromatic carbocycles. The van der Waals surface area contributed by atoms with E-state index in [0.29, 0.717) is 11.0 Å². The molecule has 86 valence electrons. The highest BCUT2D eigenvalue weighted by atomic mass is 19.3. The zero-order valence-corrected chi connectivity index (χ0v) is 8.73. The lowest BCUT2D eigenvalue weighted by atomic mass is 10.2. The van der Waals surface area contributed by atoms with Crippen LogP contribution in [0.2, 0.25) is 0 Å². The van der Waals surface area contributed by atoms with Crippen LogP contribution < -0.4 is 5.56 Å². The van der Waals surface area contributed by atoms with Gasteiger partial charge in [-0.15, -0.1) is 6.42 Å². The number of halogens is 2. The number of para-hydroxylation sites is 2. The molecule has 1 aromatic heterocycles. The van der Waals surface area contributed by atoms with Crippen molar-refractivity contribution in [3.63, 3.8) is 0 Å². The Kier molecular flexibility index (Phi) is 2.88. The van der Waals surface area contributed by atoms with Gasteiger partial charge in [-0.2, -0.15) is 0 Å². The summed E-state index contributed by atoms with van der Waals surface area (Å²) in [7, 11) is 0. The molecule has 0 aliphatic carbocycles. The molecule has 1 heterocycles. The fraction of sp³-hybridized carbons (Fsp3) is 0.167. The summed E-state index contributed by atoms with van der Waals surface area (Å²) in [6.45, 7) is -0.0540. The van der Waals surface area contributed by atoms with Crippen LogP contribution in [0, 0.1) is 12.3 Å². The second kappa shape index (κ2) is 4.34. The van der Waals surface area contributed by atoms with E-state index in [1.54, 1.807) is 24.3 Å². The topological polar surface area (TPSA) is 34.9 Å². The lowest BCUT2D eigenvalue weighted by Gasteiger charge is -2.08. The summed E-state index contributed by atoms with van der Waals surface area (Å²) in [4.78, 5) is 15.4. The Labute approximate surface area is 95.7 Å². The Morgan fingerprint density at radius 1 is 1.41 bits per heavy atom. The maximum atomic E-state index is 12.6. The zero-order valence-electron chi connectivity index (χ0n) is 8.73. The van der Waals surface area contributed by atoms with Gasteiger partial charge in [-0.1, -0.05) is 18.1 Å². The monoisotopic (exact) mass is 234 g/mol. The Hall–Kier alpha value is -2.22. The maximum absolute atomic E-state index is 12.6. The van der Waals surface area contributed by atoms with Crippen molar-refractivity contribution in [2.75, 3.05) is 0 Å². The summed E-state index contributed by atoms with van der Waals surface area (Å²) in [6, 6.07) is 6.54. The van der Waals surface area contributed by atoms with Crippen molar-refractivity contribution in [1.82, 2.24) is 9.55 Å². The predicted molar refractivity (Wildman–Crippen MR) is 59.8 cm³/mol. The fourth-order valence-electron chi connectivity index (χ4n) is 1.60. The molecule has 17 heavy (non-hydrogen) atoms. The molecule has 2 aromatic rings. The van der Waals surface area contributed by atoms with Crippen LogP contribution in [0.3, 0.4) is 0 Å². The van der Waals surface area contributed by atoms with E-state index in [0.717, 1.165) is 4.57 Å². The van der Waals surface area contributed by atoms with E-state index >= 15 is 0 Å². The van der Waals surface area contributed by atoms with Gasteiger partial charge >= 0.3 is 0 Å². The van der Waals surface area contributed by atoms with Gasteiger partial charge in [-0.25, -0.2) is 13.8 Å². The third-order valence-electron chi connectivity index (χ3n) is 2.33. The van der Waals surface area contributed by atoms with Crippen molar-refractivity contribution in [2.24, 2.45) is 0 Å².